The molecule has 0 bridgehead atoms. The minimum atomic E-state index is -1.85. The Bertz CT molecular complexity index is 2020. The molecule has 1 aromatic heterocycles. The van der Waals surface area contributed by atoms with Crippen LogP contribution in [0.1, 0.15) is 92.4 Å². The number of ether oxygens (including phenoxy) is 1. The summed E-state index contributed by atoms with van der Waals surface area (Å²) in [6.45, 7) is 13.3. The highest BCUT2D eigenvalue weighted by atomic mass is 28.3. The van der Waals surface area contributed by atoms with Crippen molar-refractivity contribution in [2.45, 2.75) is 78.1 Å². The smallest absolute Gasteiger partial charge is 0.261 e. The van der Waals surface area contributed by atoms with E-state index in [4.69, 9.17) is 4.74 Å². The van der Waals surface area contributed by atoms with Crippen LogP contribution >= 0.6 is 0 Å². The van der Waals surface area contributed by atoms with Crippen molar-refractivity contribution in [3.05, 3.63) is 129 Å². The highest BCUT2D eigenvalue weighted by Gasteiger charge is 2.40. The van der Waals surface area contributed by atoms with Gasteiger partial charge in [-0.1, -0.05) is 100 Å². The summed E-state index contributed by atoms with van der Waals surface area (Å²) in [5.41, 5.74) is 12.0. The van der Waals surface area contributed by atoms with E-state index in [2.05, 4.69) is 92.7 Å². The number of fused-ring (bicyclic) bond motifs is 5. The van der Waals surface area contributed by atoms with Crippen molar-refractivity contribution in [3.63, 3.8) is 0 Å². The number of hydrogen-bond donors (Lipinski definition) is 0. The number of carbonyl (C=O) groups excluding carboxylic acids is 2. The summed E-state index contributed by atoms with van der Waals surface area (Å²) in [6.07, 6.45) is 5.02. The van der Waals surface area contributed by atoms with Gasteiger partial charge in [-0.15, -0.1) is 0 Å². The fraction of sp³-hybridized carbons (Fsp3) is 0.333. The molecular formula is C42H46N2O3Si. The zero-order valence-electron chi connectivity index (χ0n) is 29.2. The predicted molar refractivity (Wildman–Crippen MR) is 198 cm³/mol. The second-order valence-electron chi connectivity index (χ2n) is 14.4. The van der Waals surface area contributed by atoms with Gasteiger partial charge in [0.15, 0.2) is 0 Å². The van der Waals surface area contributed by atoms with E-state index in [1.807, 2.05) is 12.1 Å². The molecule has 6 heteroatoms. The Hall–Kier alpha value is -4.42. The number of aryl methyl sites for hydroxylation is 1. The van der Waals surface area contributed by atoms with Gasteiger partial charge in [0.2, 0.25) is 0 Å². The largest absolute Gasteiger partial charge is 0.497 e. The molecule has 3 heterocycles. The van der Waals surface area contributed by atoms with E-state index >= 15 is 0 Å². The highest BCUT2D eigenvalue weighted by molar-refractivity contribution is 6.89. The summed E-state index contributed by atoms with van der Waals surface area (Å²) in [7, 11) is -0.133. The van der Waals surface area contributed by atoms with Crippen molar-refractivity contribution < 1.29 is 14.3 Å². The van der Waals surface area contributed by atoms with Gasteiger partial charge in [-0.3, -0.25) is 14.5 Å². The fourth-order valence-electron chi connectivity index (χ4n) is 8.46. The Kier molecular flexibility index (Phi) is 8.40. The first-order valence-corrected chi connectivity index (χ1v) is 21.0. The minimum Gasteiger partial charge on any atom is -0.497 e. The van der Waals surface area contributed by atoms with E-state index in [1.54, 1.807) is 30.0 Å². The molecule has 5 aromatic rings. The third-order valence-electron chi connectivity index (χ3n) is 10.3. The van der Waals surface area contributed by atoms with Gasteiger partial charge in [0.05, 0.1) is 26.3 Å². The van der Waals surface area contributed by atoms with Crippen molar-refractivity contribution in [2.75, 3.05) is 13.7 Å². The summed E-state index contributed by atoms with van der Waals surface area (Å²) in [4.78, 5) is 28.4. The Labute approximate surface area is 285 Å². The van der Waals surface area contributed by atoms with Crippen LogP contribution in [0.2, 0.25) is 19.6 Å². The first-order chi connectivity index (χ1) is 23.2. The molecule has 0 N–H and O–H groups in total. The van der Waals surface area contributed by atoms with Gasteiger partial charge in [-0.05, 0) is 83.0 Å². The lowest BCUT2D eigenvalue weighted by Gasteiger charge is -2.38. The van der Waals surface area contributed by atoms with Crippen molar-refractivity contribution in [2.24, 2.45) is 0 Å². The number of imide groups is 1. The monoisotopic (exact) mass is 654 g/mol. The molecule has 0 fully saturated rings. The number of para-hydroxylation sites is 1. The van der Waals surface area contributed by atoms with Crippen molar-refractivity contribution >= 4 is 36.0 Å². The van der Waals surface area contributed by atoms with E-state index in [0.29, 0.717) is 24.1 Å². The fourth-order valence-corrected chi connectivity index (χ4v) is 10.8. The number of rotatable bonds is 10. The average molecular weight is 655 g/mol. The standard InChI is InChI=1S/C42H46N2O3Si/c1-7-13-28-25-29-26-44-36-18-12-11-15-32(36)33(23-24-43-41(45)34-16-9-10-17-35(34)42(43)46)39(44)37(27-19-21-30(47-3)22-20-27)38(29)40(48(4,5)6)31(28)14-8-2/h9-12,15-22,25,37H,7-8,13-14,23-24,26H2,1-6H3. The molecule has 0 saturated heterocycles. The molecule has 2 amide bonds. The molecule has 7 rings (SSSR count). The lowest BCUT2D eigenvalue weighted by molar-refractivity contribution is 0.0656. The maximum Gasteiger partial charge on any atom is 0.261 e. The van der Waals surface area contributed by atoms with E-state index < -0.39 is 8.07 Å². The van der Waals surface area contributed by atoms with E-state index in [-0.39, 0.29) is 17.7 Å². The topological polar surface area (TPSA) is 51.5 Å². The summed E-state index contributed by atoms with van der Waals surface area (Å²) in [5, 5.41) is 2.82. The molecule has 1 atom stereocenters. The quantitative estimate of drug-likeness (QED) is 0.110. The number of amides is 2. The van der Waals surface area contributed by atoms with Crippen molar-refractivity contribution in [1.82, 2.24) is 9.47 Å². The van der Waals surface area contributed by atoms with Crippen LogP contribution in [0.25, 0.3) is 10.9 Å². The first kappa shape index (κ1) is 32.1. The first-order valence-electron chi connectivity index (χ1n) is 17.5. The molecular weight excluding hydrogens is 609 g/mol. The maximum absolute atomic E-state index is 13.5. The van der Waals surface area contributed by atoms with Gasteiger partial charge >= 0.3 is 0 Å². The van der Waals surface area contributed by atoms with Crippen molar-refractivity contribution in [3.8, 4) is 5.75 Å². The Morgan fingerprint density at radius 1 is 0.792 bits per heavy atom. The Morgan fingerprint density at radius 2 is 1.44 bits per heavy atom. The van der Waals surface area contributed by atoms with Crippen LogP contribution in [0.15, 0.2) is 78.9 Å². The second kappa shape index (κ2) is 12.6. The predicted octanol–water partition coefficient (Wildman–Crippen LogP) is 8.48. The van der Waals surface area contributed by atoms with E-state index in [1.165, 1.54) is 49.3 Å². The third kappa shape index (κ3) is 5.21. The molecule has 0 saturated carbocycles. The maximum atomic E-state index is 13.5. The summed E-state index contributed by atoms with van der Waals surface area (Å²) >= 11 is 0. The number of nitrogens with zero attached hydrogens (tertiary/aromatic N) is 2. The Balaban J connectivity index is 1.47. The average Bonchev–Trinajstić information content (AvgIpc) is 3.52. The van der Waals surface area contributed by atoms with Gasteiger partial charge in [0.1, 0.15) is 5.75 Å². The number of aromatic nitrogens is 1. The molecule has 0 spiro atoms. The van der Waals surface area contributed by atoms with Crippen LogP contribution in [-0.4, -0.2) is 43.0 Å². The van der Waals surface area contributed by atoms with Crippen LogP contribution in [0.5, 0.6) is 5.75 Å². The summed E-state index contributed by atoms with van der Waals surface area (Å²) in [6, 6.07) is 27.1. The number of benzene rings is 4. The molecule has 4 aromatic carbocycles. The highest BCUT2D eigenvalue weighted by Crippen LogP contribution is 2.45. The van der Waals surface area contributed by atoms with Gasteiger partial charge in [0, 0.05) is 35.6 Å². The normalized spacial score (nSPS) is 15.5. The molecule has 5 nitrogen and oxygen atoms in total. The van der Waals surface area contributed by atoms with E-state index in [9.17, 15) is 9.59 Å². The minimum absolute atomic E-state index is 0.0113. The Morgan fingerprint density at radius 3 is 2.06 bits per heavy atom. The SMILES string of the molecule is CCCc1cc2c(c([Si](C)(C)C)c1CCC)C(c1ccc(OC)cc1)c1c(CCN3C(=O)c4ccccc4C3=O)c3ccccc3n1C2. The van der Waals surface area contributed by atoms with Gasteiger partial charge in [-0.25, -0.2) is 0 Å². The van der Waals surface area contributed by atoms with Crippen molar-refractivity contribution in [1.29, 1.82) is 0 Å². The molecule has 0 aliphatic carbocycles. The third-order valence-corrected chi connectivity index (χ3v) is 12.4. The molecule has 0 radical (unpaired) electrons. The number of methoxy groups -OCH3 is 1. The lowest BCUT2D eigenvalue weighted by Crippen LogP contribution is -2.46. The number of carbonyl (C=O) groups is 2. The van der Waals surface area contributed by atoms with E-state index in [0.717, 1.165) is 38.0 Å². The van der Waals surface area contributed by atoms with Gasteiger partial charge in [-0.2, -0.15) is 0 Å². The van der Waals surface area contributed by atoms with Crippen LogP contribution in [0, 0.1) is 0 Å². The van der Waals surface area contributed by atoms with Crippen LogP contribution < -0.4 is 9.92 Å². The second-order valence-corrected chi connectivity index (χ2v) is 19.4. The summed E-state index contributed by atoms with van der Waals surface area (Å²) < 4.78 is 8.15. The molecule has 2 aliphatic rings. The summed E-state index contributed by atoms with van der Waals surface area (Å²) in [5.74, 6) is 0.464. The number of hydrogen-bond acceptors (Lipinski definition) is 3. The van der Waals surface area contributed by atoms with Crippen LogP contribution in [0.4, 0.5) is 0 Å². The zero-order valence-corrected chi connectivity index (χ0v) is 30.2. The van der Waals surface area contributed by atoms with Gasteiger partial charge < -0.3 is 9.30 Å². The molecule has 246 valence electrons. The molecule has 2 aliphatic heterocycles. The van der Waals surface area contributed by atoms with Crippen LogP contribution in [0.3, 0.4) is 0 Å². The lowest BCUT2D eigenvalue weighted by atomic mass is 9.78. The molecule has 48 heavy (non-hydrogen) atoms. The van der Waals surface area contributed by atoms with Crippen LogP contribution in [-0.2, 0) is 25.8 Å². The van der Waals surface area contributed by atoms with Gasteiger partial charge in [0.25, 0.3) is 11.8 Å². The molecule has 1 unspecified atom stereocenters. The zero-order chi connectivity index (χ0) is 33.7.